The highest BCUT2D eigenvalue weighted by Crippen LogP contribution is 2.41. The van der Waals surface area contributed by atoms with Crippen LogP contribution in [0.1, 0.15) is 32.6 Å². The molecule has 0 fully saturated rings. The number of carboxylic acid groups (broad SMARTS) is 1. The van der Waals surface area contributed by atoms with Crippen molar-refractivity contribution >= 4 is 13.6 Å². The topological polar surface area (TPSA) is 83.8 Å². The van der Waals surface area contributed by atoms with Crippen molar-refractivity contribution in [1.29, 1.82) is 0 Å². The van der Waals surface area contributed by atoms with Gasteiger partial charge in [0.15, 0.2) is 0 Å². The predicted octanol–water partition coefficient (Wildman–Crippen LogP) is 1.85. The summed E-state index contributed by atoms with van der Waals surface area (Å²) in [5.74, 6) is -1.32. The molecule has 0 saturated carbocycles. The second-order valence-electron chi connectivity index (χ2n) is 3.08. The van der Waals surface area contributed by atoms with Gasteiger partial charge in [0.1, 0.15) is 6.16 Å². The minimum absolute atomic E-state index is 0.154. The van der Waals surface area contributed by atoms with Crippen LogP contribution in [-0.2, 0) is 13.9 Å². The summed E-state index contributed by atoms with van der Waals surface area (Å²) in [4.78, 5) is 19.1. The van der Waals surface area contributed by atoms with Crippen LogP contribution in [0.4, 0.5) is 0 Å². The molecule has 0 saturated heterocycles. The summed E-state index contributed by atoms with van der Waals surface area (Å²) in [5, 5.41) is 8.28. The van der Waals surface area contributed by atoms with E-state index in [1.807, 2.05) is 0 Å². The average Bonchev–Trinajstić information content (AvgIpc) is 2.01. The van der Waals surface area contributed by atoms with Crippen LogP contribution >= 0.6 is 7.60 Å². The van der Waals surface area contributed by atoms with E-state index in [4.69, 9.17) is 10.00 Å². The van der Waals surface area contributed by atoms with Gasteiger partial charge in [-0.15, -0.1) is 0 Å². The fourth-order valence-electron chi connectivity index (χ4n) is 0.953. The summed E-state index contributed by atoms with van der Waals surface area (Å²) in [7, 11) is -3.90. The molecule has 5 nitrogen and oxygen atoms in total. The number of rotatable bonds is 8. The van der Waals surface area contributed by atoms with Gasteiger partial charge in [-0.2, -0.15) is 0 Å². The normalized spacial score (nSPS) is 15.0. The average molecular weight is 224 g/mol. The van der Waals surface area contributed by atoms with Crippen LogP contribution in [0.2, 0.25) is 0 Å². The van der Waals surface area contributed by atoms with Gasteiger partial charge in [-0.25, -0.2) is 0 Å². The lowest BCUT2D eigenvalue weighted by Crippen LogP contribution is -2.06. The first-order chi connectivity index (χ1) is 6.48. The van der Waals surface area contributed by atoms with Gasteiger partial charge in [0, 0.05) is 0 Å². The van der Waals surface area contributed by atoms with Crippen molar-refractivity contribution in [3.05, 3.63) is 0 Å². The summed E-state index contributed by atoms with van der Waals surface area (Å²) >= 11 is 0. The predicted molar refractivity (Wildman–Crippen MR) is 52.4 cm³/mol. The lowest BCUT2D eigenvalue weighted by Gasteiger charge is -2.09. The molecule has 0 spiro atoms. The highest BCUT2D eigenvalue weighted by molar-refractivity contribution is 7.53. The number of unbranched alkanes of at least 4 members (excludes halogenated alkanes) is 3. The summed E-state index contributed by atoms with van der Waals surface area (Å²) < 4.78 is 15.6. The van der Waals surface area contributed by atoms with E-state index in [0.29, 0.717) is 6.42 Å². The smallest absolute Gasteiger partial charge is 0.339 e. The third-order valence-corrected chi connectivity index (χ3v) is 2.88. The fourth-order valence-corrected chi connectivity index (χ4v) is 1.80. The van der Waals surface area contributed by atoms with Gasteiger partial charge < -0.3 is 14.5 Å². The van der Waals surface area contributed by atoms with E-state index in [2.05, 4.69) is 11.4 Å². The van der Waals surface area contributed by atoms with Gasteiger partial charge in [0.25, 0.3) is 0 Å². The molecule has 0 aliphatic rings. The zero-order valence-electron chi connectivity index (χ0n) is 8.31. The molecule has 0 heterocycles. The second kappa shape index (κ2) is 6.98. The van der Waals surface area contributed by atoms with Crippen molar-refractivity contribution in [3.63, 3.8) is 0 Å². The first kappa shape index (κ1) is 13.6. The number of hydrogen-bond acceptors (Lipinski definition) is 3. The maximum absolute atomic E-state index is 11.0. The molecule has 6 heteroatoms. The maximum atomic E-state index is 11.0. The van der Waals surface area contributed by atoms with Crippen LogP contribution in [-0.4, -0.2) is 28.7 Å². The summed E-state index contributed by atoms with van der Waals surface area (Å²) in [6, 6.07) is 0. The van der Waals surface area contributed by atoms with Crippen molar-refractivity contribution in [2.45, 2.75) is 32.6 Å². The molecule has 1 atom stereocenters. The standard InChI is InChI=1S/C8H17O5P/c1-2-3-4-5-6-13-14(11,12)7-8(9)10/h2-7H2,1H3,(H,9,10)(H,11,12). The molecular formula is C8H17O5P. The van der Waals surface area contributed by atoms with Gasteiger partial charge in [0.2, 0.25) is 0 Å². The first-order valence-electron chi connectivity index (χ1n) is 4.66. The van der Waals surface area contributed by atoms with Crippen molar-refractivity contribution in [2.75, 3.05) is 12.8 Å². The zero-order valence-corrected chi connectivity index (χ0v) is 9.20. The van der Waals surface area contributed by atoms with Crippen LogP contribution in [0.5, 0.6) is 0 Å². The van der Waals surface area contributed by atoms with Crippen molar-refractivity contribution in [3.8, 4) is 0 Å². The van der Waals surface area contributed by atoms with Crippen LogP contribution in [0.15, 0.2) is 0 Å². The van der Waals surface area contributed by atoms with Gasteiger partial charge in [0.05, 0.1) is 6.61 Å². The second-order valence-corrected chi connectivity index (χ2v) is 4.93. The fraction of sp³-hybridized carbons (Fsp3) is 0.875. The SMILES string of the molecule is CCCCCCOP(=O)(O)CC(=O)O. The first-order valence-corrected chi connectivity index (χ1v) is 6.42. The lowest BCUT2D eigenvalue weighted by atomic mass is 10.2. The summed E-state index contributed by atoms with van der Waals surface area (Å²) in [6.45, 7) is 2.21. The van der Waals surface area contributed by atoms with Crippen LogP contribution in [0, 0.1) is 0 Å². The van der Waals surface area contributed by atoms with Gasteiger partial charge >= 0.3 is 13.6 Å². The molecular weight excluding hydrogens is 207 g/mol. The van der Waals surface area contributed by atoms with Crippen LogP contribution in [0.3, 0.4) is 0 Å². The number of hydrogen-bond donors (Lipinski definition) is 2. The van der Waals surface area contributed by atoms with Crippen LogP contribution < -0.4 is 0 Å². The Morgan fingerprint density at radius 1 is 1.36 bits per heavy atom. The van der Waals surface area contributed by atoms with E-state index in [1.165, 1.54) is 0 Å². The molecule has 0 aliphatic heterocycles. The molecule has 0 aromatic heterocycles. The lowest BCUT2D eigenvalue weighted by molar-refractivity contribution is -0.134. The Morgan fingerprint density at radius 2 is 2.00 bits per heavy atom. The van der Waals surface area contributed by atoms with E-state index in [9.17, 15) is 9.36 Å². The molecule has 0 rings (SSSR count). The van der Waals surface area contributed by atoms with Crippen molar-refractivity contribution in [2.24, 2.45) is 0 Å². The summed E-state index contributed by atoms with van der Waals surface area (Å²) in [6.07, 6.45) is 2.94. The molecule has 0 bridgehead atoms. The van der Waals surface area contributed by atoms with E-state index in [1.54, 1.807) is 0 Å². The summed E-state index contributed by atoms with van der Waals surface area (Å²) in [5.41, 5.74) is 0. The molecule has 0 amide bonds. The van der Waals surface area contributed by atoms with E-state index < -0.39 is 19.7 Å². The quantitative estimate of drug-likeness (QED) is 0.485. The van der Waals surface area contributed by atoms with E-state index in [-0.39, 0.29) is 6.61 Å². The number of carbonyl (C=O) groups is 1. The highest BCUT2D eigenvalue weighted by Gasteiger charge is 2.23. The molecule has 0 aromatic carbocycles. The largest absolute Gasteiger partial charge is 0.481 e. The Labute approximate surface area is 83.6 Å². The number of carboxylic acids is 1. The maximum Gasteiger partial charge on any atom is 0.339 e. The Morgan fingerprint density at radius 3 is 2.50 bits per heavy atom. The molecule has 0 aliphatic carbocycles. The Kier molecular flexibility index (Phi) is 6.79. The Hall–Kier alpha value is -0.380. The third-order valence-electron chi connectivity index (χ3n) is 1.63. The third kappa shape index (κ3) is 8.23. The Bertz CT molecular complexity index is 216. The van der Waals surface area contributed by atoms with Gasteiger partial charge in [-0.1, -0.05) is 26.2 Å². The van der Waals surface area contributed by atoms with Gasteiger partial charge in [-0.3, -0.25) is 9.36 Å². The minimum atomic E-state index is -3.90. The number of aliphatic carboxylic acids is 1. The molecule has 84 valence electrons. The van der Waals surface area contributed by atoms with Gasteiger partial charge in [-0.05, 0) is 6.42 Å². The molecule has 2 N–H and O–H groups in total. The molecule has 1 unspecified atom stereocenters. The van der Waals surface area contributed by atoms with E-state index in [0.717, 1.165) is 19.3 Å². The molecule has 0 aromatic rings. The van der Waals surface area contributed by atoms with Crippen molar-refractivity contribution in [1.82, 2.24) is 0 Å². The highest BCUT2D eigenvalue weighted by atomic mass is 31.2. The van der Waals surface area contributed by atoms with Crippen molar-refractivity contribution < 1.29 is 23.9 Å². The molecule has 0 radical (unpaired) electrons. The minimum Gasteiger partial charge on any atom is -0.481 e. The Balaban J connectivity index is 3.56. The van der Waals surface area contributed by atoms with Crippen LogP contribution in [0.25, 0.3) is 0 Å². The molecule has 14 heavy (non-hydrogen) atoms. The zero-order chi connectivity index (χ0) is 11.0. The van der Waals surface area contributed by atoms with E-state index >= 15 is 0 Å². The monoisotopic (exact) mass is 224 g/mol.